The monoisotopic (exact) mass is 606 g/mol. The van der Waals surface area contributed by atoms with E-state index in [0.717, 1.165) is 16.9 Å². The van der Waals surface area contributed by atoms with Crippen molar-refractivity contribution in [2.75, 3.05) is 6.61 Å². The van der Waals surface area contributed by atoms with Crippen LogP contribution in [0.4, 0.5) is 30.7 Å². The second-order valence-electron chi connectivity index (χ2n) is 10.3. The molecule has 0 spiro atoms. The van der Waals surface area contributed by atoms with E-state index in [1.807, 2.05) is 0 Å². The van der Waals surface area contributed by atoms with Gasteiger partial charge in [-0.15, -0.1) is 0 Å². The molecular formula is C30H21F7N2O4. The quantitative estimate of drug-likeness (QED) is 0.228. The van der Waals surface area contributed by atoms with Gasteiger partial charge in [-0.05, 0) is 59.9 Å². The zero-order valence-corrected chi connectivity index (χ0v) is 22.0. The highest BCUT2D eigenvalue weighted by molar-refractivity contribution is 5.75. The van der Waals surface area contributed by atoms with Crippen LogP contribution in [0.15, 0.2) is 60.8 Å². The first-order chi connectivity index (χ1) is 20.3. The third kappa shape index (κ3) is 5.39. The number of halogens is 7. The van der Waals surface area contributed by atoms with E-state index in [-0.39, 0.29) is 65.5 Å². The largest absolute Gasteiger partial charge is 0.492 e. The van der Waals surface area contributed by atoms with Gasteiger partial charge in [-0.25, -0.2) is 9.07 Å². The van der Waals surface area contributed by atoms with Crippen LogP contribution < -0.4 is 9.47 Å². The number of nitrogens with zero attached hydrogens (tertiary/aromatic N) is 2. The second-order valence-corrected chi connectivity index (χ2v) is 10.3. The van der Waals surface area contributed by atoms with Gasteiger partial charge in [0.1, 0.15) is 23.4 Å². The Bertz CT molecular complexity index is 1710. The summed E-state index contributed by atoms with van der Waals surface area (Å²) in [5.41, 5.74) is -1.42. The number of carboxylic acids is 1. The zero-order chi connectivity index (χ0) is 30.7. The SMILES string of the molecule is O=C(O)C[C@@H]1COc2cc(O[C@@H]3CCc4c(-c5ccc(-n6ccc(C(F)(F)F)n6)cc5)c(C(F)(F)F)cc(F)c43)ccc21. The summed E-state index contributed by atoms with van der Waals surface area (Å²) in [5.74, 6) is -1.66. The number of benzene rings is 3. The molecule has 6 rings (SSSR count). The van der Waals surface area contributed by atoms with E-state index in [9.17, 15) is 31.1 Å². The number of carbonyl (C=O) groups is 1. The van der Waals surface area contributed by atoms with E-state index in [2.05, 4.69) is 5.10 Å². The van der Waals surface area contributed by atoms with Crippen molar-refractivity contribution >= 4 is 5.97 Å². The average Bonchev–Trinajstić information content (AvgIpc) is 3.67. The molecule has 1 N–H and O–H groups in total. The first kappa shape index (κ1) is 28.6. The van der Waals surface area contributed by atoms with Crippen molar-refractivity contribution in [3.8, 4) is 28.3 Å². The summed E-state index contributed by atoms with van der Waals surface area (Å²) in [6.07, 6.45) is -9.22. The number of aromatic nitrogens is 2. The standard InChI is InChI=1S/C30H21F7N2O4/c31-22-13-21(29(32,33)34)27(15-1-3-17(4-2-15)39-10-9-25(38-39)30(35,36)37)20-7-8-23(28(20)22)43-18-5-6-19-16(11-26(40)41)14-42-24(19)12-18/h1-6,9-10,12-13,16,23H,7-8,11,14H2,(H,40,41)/t16-,23-/m1/s1. The molecule has 0 fully saturated rings. The molecule has 6 nitrogen and oxygen atoms in total. The Kier molecular flexibility index (Phi) is 6.85. The van der Waals surface area contributed by atoms with Crippen molar-refractivity contribution in [2.24, 2.45) is 0 Å². The molecule has 0 saturated heterocycles. The first-order valence-corrected chi connectivity index (χ1v) is 13.1. The number of fused-ring (bicyclic) bond motifs is 2. The molecular weight excluding hydrogens is 585 g/mol. The molecule has 0 saturated carbocycles. The molecule has 43 heavy (non-hydrogen) atoms. The molecule has 0 radical (unpaired) electrons. The van der Waals surface area contributed by atoms with Crippen molar-refractivity contribution in [1.29, 1.82) is 0 Å². The Morgan fingerprint density at radius 2 is 1.77 bits per heavy atom. The van der Waals surface area contributed by atoms with Gasteiger partial charge < -0.3 is 14.6 Å². The average molecular weight is 606 g/mol. The van der Waals surface area contributed by atoms with E-state index in [0.29, 0.717) is 17.4 Å². The fourth-order valence-corrected chi connectivity index (χ4v) is 5.69. The van der Waals surface area contributed by atoms with Crippen LogP contribution in [-0.2, 0) is 23.6 Å². The summed E-state index contributed by atoms with van der Waals surface area (Å²) in [6, 6.07) is 11.3. The Morgan fingerprint density at radius 3 is 2.42 bits per heavy atom. The van der Waals surface area contributed by atoms with Crippen molar-refractivity contribution < 1.29 is 50.1 Å². The number of rotatable bonds is 6. The molecule has 0 bridgehead atoms. The molecule has 0 unspecified atom stereocenters. The van der Waals surface area contributed by atoms with Gasteiger partial charge in [-0.3, -0.25) is 4.79 Å². The van der Waals surface area contributed by atoms with Gasteiger partial charge in [0.2, 0.25) is 0 Å². The number of carboxylic acid groups (broad SMARTS) is 1. The maximum absolute atomic E-state index is 15.3. The van der Waals surface area contributed by atoms with Gasteiger partial charge >= 0.3 is 18.3 Å². The van der Waals surface area contributed by atoms with Gasteiger partial charge in [0.05, 0.1) is 24.3 Å². The molecule has 2 heterocycles. The third-order valence-electron chi connectivity index (χ3n) is 7.57. The van der Waals surface area contributed by atoms with Gasteiger partial charge in [-0.1, -0.05) is 18.2 Å². The maximum Gasteiger partial charge on any atom is 0.435 e. The predicted octanol–water partition coefficient (Wildman–Crippen LogP) is 7.73. The fourth-order valence-electron chi connectivity index (χ4n) is 5.69. The van der Waals surface area contributed by atoms with Gasteiger partial charge in [-0.2, -0.15) is 31.4 Å². The lowest BCUT2D eigenvalue weighted by molar-refractivity contribution is -0.141. The van der Waals surface area contributed by atoms with Crippen LogP contribution in [-0.4, -0.2) is 27.5 Å². The van der Waals surface area contributed by atoms with E-state index < -0.39 is 41.5 Å². The van der Waals surface area contributed by atoms with Crippen molar-refractivity contribution in [3.63, 3.8) is 0 Å². The Labute approximate surface area is 239 Å². The van der Waals surface area contributed by atoms with Gasteiger partial charge in [0.15, 0.2) is 5.69 Å². The minimum Gasteiger partial charge on any atom is -0.492 e. The zero-order valence-electron chi connectivity index (χ0n) is 22.0. The summed E-state index contributed by atoms with van der Waals surface area (Å²) in [4.78, 5) is 11.1. The lowest BCUT2D eigenvalue weighted by Gasteiger charge is -2.21. The molecule has 2 aliphatic rings. The highest BCUT2D eigenvalue weighted by atomic mass is 19.4. The van der Waals surface area contributed by atoms with E-state index in [4.69, 9.17) is 14.6 Å². The van der Waals surface area contributed by atoms with E-state index >= 15 is 4.39 Å². The summed E-state index contributed by atoms with van der Waals surface area (Å²) < 4.78 is 109. The molecule has 2 atom stereocenters. The summed E-state index contributed by atoms with van der Waals surface area (Å²) in [7, 11) is 0. The van der Waals surface area contributed by atoms with Gasteiger partial charge in [0, 0.05) is 29.3 Å². The number of hydrogen-bond acceptors (Lipinski definition) is 4. The van der Waals surface area contributed by atoms with Crippen molar-refractivity contribution in [2.45, 2.75) is 43.6 Å². The molecule has 1 aromatic heterocycles. The minimum absolute atomic E-state index is 0.0147. The normalized spacial score (nSPS) is 17.8. The number of ether oxygens (including phenoxy) is 2. The Morgan fingerprint density at radius 1 is 1.02 bits per heavy atom. The van der Waals surface area contributed by atoms with Crippen LogP contribution in [0, 0.1) is 5.82 Å². The predicted molar refractivity (Wildman–Crippen MR) is 138 cm³/mol. The van der Waals surface area contributed by atoms with Crippen LogP contribution in [0.25, 0.3) is 16.8 Å². The third-order valence-corrected chi connectivity index (χ3v) is 7.57. The molecule has 4 aromatic rings. The molecule has 13 heteroatoms. The summed E-state index contributed by atoms with van der Waals surface area (Å²) in [5, 5.41) is 12.6. The van der Waals surface area contributed by atoms with Gasteiger partial charge in [0.25, 0.3) is 0 Å². The highest BCUT2D eigenvalue weighted by Gasteiger charge is 2.40. The summed E-state index contributed by atoms with van der Waals surface area (Å²) >= 11 is 0. The minimum atomic E-state index is -4.89. The molecule has 224 valence electrons. The number of hydrogen-bond donors (Lipinski definition) is 1. The fraction of sp³-hybridized carbons (Fsp3) is 0.267. The van der Waals surface area contributed by atoms with E-state index in [1.165, 1.54) is 24.3 Å². The van der Waals surface area contributed by atoms with Crippen LogP contribution >= 0.6 is 0 Å². The molecule has 1 aliphatic heterocycles. The Hall–Kier alpha value is -4.55. The number of alkyl halides is 6. The lowest BCUT2D eigenvalue weighted by Crippen LogP contribution is -2.13. The molecule has 1 aliphatic carbocycles. The van der Waals surface area contributed by atoms with Crippen LogP contribution in [0.3, 0.4) is 0 Å². The number of aliphatic carboxylic acids is 1. The van der Waals surface area contributed by atoms with E-state index in [1.54, 1.807) is 18.2 Å². The highest BCUT2D eigenvalue weighted by Crippen LogP contribution is 2.48. The topological polar surface area (TPSA) is 73.6 Å². The van der Waals surface area contributed by atoms with Crippen LogP contribution in [0.5, 0.6) is 11.5 Å². The van der Waals surface area contributed by atoms with Crippen LogP contribution in [0.2, 0.25) is 0 Å². The first-order valence-electron chi connectivity index (χ1n) is 13.1. The Balaban J connectivity index is 1.33. The van der Waals surface area contributed by atoms with Crippen molar-refractivity contribution in [3.05, 3.63) is 94.6 Å². The summed E-state index contributed by atoms with van der Waals surface area (Å²) in [6.45, 7) is 0.179. The second kappa shape index (κ2) is 10.3. The maximum atomic E-state index is 15.3. The van der Waals surface area contributed by atoms with Crippen molar-refractivity contribution in [1.82, 2.24) is 9.78 Å². The smallest absolute Gasteiger partial charge is 0.435 e. The molecule has 3 aromatic carbocycles. The molecule has 0 amide bonds. The lowest BCUT2D eigenvalue weighted by atomic mass is 9.90. The van der Waals surface area contributed by atoms with Crippen LogP contribution in [0.1, 0.15) is 52.8 Å².